The van der Waals surface area contributed by atoms with Gasteiger partial charge in [-0.3, -0.25) is 0 Å². The van der Waals surface area contributed by atoms with Crippen LogP contribution in [0.3, 0.4) is 0 Å². The first kappa shape index (κ1) is 11.5. The SMILES string of the molecule is C1=C(c2ccc3ccccc3c2)c2ccccc2CC1. The van der Waals surface area contributed by atoms with Gasteiger partial charge in [-0.2, -0.15) is 0 Å². The molecule has 0 aromatic heterocycles. The molecule has 0 radical (unpaired) electrons. The van der Waals surface area contributed by atoms with Crippen LogP contribution in [0.15, 0.2) is 72.8 Å². The maximum Gasteiger partial charge on any atom is -0.0148 e. The molecule has 1 aliphatic carbocycles. The predicted octanol–water partition coefficient (Wildman–Crippen LogP) is 5.22. The molecule has 0 aliphatic heterocycles. The molecule has 0 atom stereocenters. The normalized spacial score (nSPS) is 13.9. The van der Waals surface area contributed by atoms with Crippen LogP contribution >= 0.6 is 0 Å². The topological polar surface area (TPSA) is 0 Å². The molecule has 20 heavy (non-hydrogen) atoms. The Bertz CT molecular complexity index is 809. The summed E-state index contributed by atoms with van der Waals surface area (Å²) in [4.78, 5) is 0. The van der Waals surface area contributed by atoms with Crippen LogP contribution in [0.2, 0.25) is 0 Å². The Hall–Kier alpha value is -2.34. The monoisotopic (exact) mass is 256 g/mol. The Morgan fingerprint density at radius 2 is 1.50 bits per heavy atom. The van der Waals surface area contributed by atoms with Crippen LogP contribution in [0.5, 0.6) is 0 Å². The van der Waals surface area contributed by atoms with Gasteiger partial charge in [-0.05, 0) is 51.9 Å². The molecule has 4 rings (SSSR count). The summed E-state index contributed by atoms with van der Waals surface area (Å²) in [5.74, 6) is 0. The molecule has 0 spiro atoms. The summed E-state index contributed by atoms with van der Waals surface area (Å²) in [5.41, 5.74) is 5.58. The Kier molecular flexibility index (Phi) is 2.67. The molecule has 0 N–H and O–H groups in total. The molecule has 0 unspecified atom stereocenters. The molecule has 0 saturated carbocycles. The molecular weight excluding hydrogens is 240 g/mol. The van der Waals surface area contributed by atoms with Gasteiger partial charge < -0.3 is 0 Å². The number of rotatable bonds is 1. The summed E-state index contributed by atoms with van der Waals surface area (Å²) < 4.78 is 0. The average Bonchev–Trinajstić information content (AvgIpc) is 2.54. The minimum absolute atomic E-state index is 1.14. The molecule has 96 valence electrons. The van der Waals surface area contributed by atoms with Gasteiger partial charge in [0.2, 0.25) is 0 Å². The zero-order valence-electron chi connectivity index (χ0n) is 11.3. The second kappa shape index (κ2) is 4.64. The minimum Gasteiger partial charge on any atom is -0.0757 e. The van der Waals surface area contributed by atoms with E-state index in [0.29, 0.717) is 0 Å². The summed E-state index contributed by atoms with van der Waals surface area (Å²) in [6.45, 7) is 0. The molecule has 0 bridgehead atoms. The van der Waals surface area contributed by atoms with Gasteiger partial charge in [-0.1, -0.05) is 66.7 Å². The van der Waals surface area contributed by atoms with E-state index in [1.807, 2.05) is 0 Å². The van der Waals surface area contributed by atoms with Gasteiger partial charge >= 0.3 is 0 Å². The third-order valence-electron chi connectivity index (χ3n) is 4.13. The lowest BCUT2D eigenvalue weighted by atomic mass is 9.86. The first-order valence-corrected chi connectivity index (χ1v) is 7.19. The second-order valence-corrected chi connectivity index (χ2v) is 5.38. The molecule has 3 aromatic rings. The highest BCUT2D eigenvalue weighted by atomic mass is 14.2. The molecule has 0 heteroatoms. The van der Waals surface area contributed by atoms with Crippen molar-refractivity contribution in [2.24, 2.45) is 0 Å². The lowest BCUT2D eigenvalue weighted by Crippen LogP contribution is -2.00. The number of aryl methyl sites for hydroxylation is 1. The molecule has 0 saturated heterocycles. The van der Waals surface area contributed by atoms with Crippen LogP contribution in [-0.4, -0.2) is 0 Å². The summed E-state index contributed by atoms with van der Waals surface area (Å²) >= 11 is 0. The molecule has 0 nitrogen and oxygen atoms in total. The van der Waals surface area contributed by atoms with E-state index >= 15 is 0 Å². The first-order chi connectivity index (χ1) is 9.92. The Balaban J connectivity index is 1.89. The van der Waals surface area contributed by atoms with Crippen molar-refractivity contribution in [3.63, 3.8) is 0 Å². The van der Waals surface area contributed by atoms with Gasteiger partial charge in [0, 0.05) is 0 Å². The maximum atomic E-state index is 2.38. The van der Waals surface area contributed by atoms with Crippen LogP contribution < -0.4 is 0 Å². The van der Waals surface area contributed by atoms with Gasteiger partial charge in [0.25, 0.3) is 0 Å². The highest BCUT2D eigenvalue weighted by Gasteiger charge is 2.13. The van der Waals surface area contributed by atoms with E-state index in [-0.39, 0.29) is 0 Å². The predicted molar refractivity (Wildman–Crippen MR) is 85.8 cm³/mol. The highest BCUT2D eigenvalue weighted by molar-refractivity contribution is 5.90. The first-order valence-electron chi connectivity index (χ1n) is 7.19. The average molecular weight is 256 g/mol. The van der Waals surface area contributed by atoms with Gasteiger partial charge in [0.15, 0.2) is 0 Å². The van der Waals surface area contributed by atoms with Crippen molar-refractivity contribution in [3.8, 4) is 0 Å². The van der Waals surface area contributed by atoms with E-state index in [2.05, 4.69) is 72.8 Å². The lowest BCUT2D eigenvalue weighted by molar-refractivity contribution is 0.978. The van der Waals surface area contributed by atoms with Crippen molar-refractivity contribution in [3.05, 3.63) is 89.5 Å². The largest absolute Gasteiger partial charge is 0.0757 e. The maximum absolute atomic E-state index is 2.38. The Morgan fingerprint density at radius 3 is 2.45 bits per heavy atom. The van der Waals surface area contributed by atoms with Crippen molar-refractivity contribution in [1.29, 1.82) is 0 Å². The smallest absolute Gasteiger partial charge is 0.0148 e. The number of fused-ring (bicyclic) bond motifs is 2. The zero-order valence-corrected chi connectivity index (χ0v) is 11.3. The van der Waals surface area contributed by atoms with Gasteiger partial charge in [-0.25, -0.2) is 0 Å². The number of benzene rings is 3. The van der Waals surface area contributed by atoms with Crippen LogP contribution in [0.1, 0.15) is 23.1 Å². The second-order valence-electron chi connectivity index (χ2n) is 5.38. The zero-order chi connectivity index (χ0) is 13.4. The lowest BCUT2D eigenvalue weighted by Gasteiger charge is -2.18. The standard InChI is InChI=1S/C20H16/c1-2-8-17-14-18(13-12-15(17)6-1)20-11-5-9-16-7-3-4-10-19(16)20/h1-4,6-8,10-14H,5,9H2. The molecule has 0 amide bonds. The van der Waals surface area contributed by atoms with Crippen molar-refractivity contribution in [2.45, 2.75) is 12.8 Å². The van der Waals surface area contributed by atoms with E-state index in [9.17, 15) is 0 Å². The van der Waals surface area contributed by atoms with E-state index in [1.165, 1.54) is 33.0 Å². The van der Waals surface area contributed by atoms with Crippen molar-refractivity contribution < 1.29 is 0 Å². The number of allylic oxidation sites excluding steroid dienone is 1. The molecule has 0 fully saturated rings. The molecule has 3 aromatic carbocycles. The Labute approximate surface area is 119 Å². The van der Waals surface area contributed by atoms with Crippen molar-refractivity contribution in [1.82, 2.24) is 0 Å². The van der Waals surface area contributed by atoms with Crippen molar-refractivity contribution in [2.75, 3.05) is 0 Å². The van der Waals surface area contributed by atoms with E-state index < -0.39 is 0 Å². The number of hydrogen-bond donors (Lipinski definition) is 0. The fourth-order valence-electron chi connectivity index (χ4n) is 3.11. The van der Waals surface area contributed by atoms with Crippen LogP contribution in [0.25, 0.3) is 16.3 Å². The van der Waals surface area contributed by atoms with E-state index in [1.54, 1.807) is 0 Å². The molecule has 1 aliphatic rings. The highest BCUT2D eigenvalue weighted by Crippen LogP contribution is 2.32. The Morgan fingerprint density at radius 1 is 0.700 bits per heavy atom. The van der Waals surface area contributed by atoms with Gasteiger partial charge in [0.1, 0.15) is 0 Å². The van der Waals surface area contributed by atoms with Gasteiger partial charge in [0.05, 0.1) is 0 Å². The quantitative estimate of drug-likeness (QED) is 0.560. The summed E-state index contributed by atoms with van der Waals surface area (Å²) in [6, 6.07) is 24.1. The fourth-order valence-corrected chi connectivity index (χ4v) is 3.11. The van der Waals surface area contributed by atoms with E-state index in [0.717, 1.165) is 12.8 Å². The summed E-state index contributed by atoms with van der Waals surface area (Å²) in [7, 11) is 0. The van der Waals surface area contributed by atoms with E-state index in [4.69, 9.17) is 0 Å². The van der Waals surface area contributed by atoms with Crippen LogP contribution in [0, 0.1) is 0 Å². The third kappa shape index (κ3) is 1.85. The van der Waals surface area contributed by atoms with Gasteiger partial charge in [-0.15, -0.1) is 0 Å². The third-order valence-corrected chi connectivity index (χ3v) is 4.13. The molecular formula is C20H16. The molecule has 0 heterocycles. The van der Waals surface area contributed by atoms with Crippen molar-refractivity contribution >= 4 is 16.3 Å². The summed E-state index contributed by atoms with van der Waals surface area (Å²) in [5, 5.41) is 2.62. The van der Waals surface area contributed by atoms with Crippen LogP contribution in [-0.2, 0) is 6.42 Å². The fraction of sp³-hybridized carbons (Fsp3) is 0.100. The minimum atomic E-state index is 1.14. The summed E-state index contributed by atoms with van der Waals surface area (Å²) in [6.07, 6.45) is 4.68. The van der Waals surface area contributed by atoms with Crippen LogP contribution in [0.4, 0.5) is 0 Å². The number of hydrogen-bond acceptors (Lipinski definition) is 0.